The van der Waals surface area contributed by atoms with Gasteiger partial charge in [0.1, 0.15) is 0 Å². The second-order valence-corrected chi connectivity index (χ2v) is 3.21. The van der Waals surface area contributed by atoms with Crippen LogP contribution in [0.25, 0.3) is 0 Å². The molecule has 0 spiro atoms. The molecule has 1 rings (SSSR count). The SMILES string of the molecule is CC1C=NCC(C)C1C. The third-order valence-electron chi connectivity index (χ3n) is 2.46. The van der Waals surface area contributed by atoms with E-state index in [0.717, 1.165) is 18.4 Å². The lowest BCUT2D eigenvalue weighted by Crippen LogP contribution is -2.24. The maximum Gasteiger partial charge on any atom is 0.0413 e. The molecule has 3 unspecified atom stereocenters. The van der Waals surface area contributed by atoms with Crippen molar-refractivity contribution in [3.63, 3.8) is 0 Å². The standard InChI is InChI=1S/C8H15N/c1-6-4-9-5-7(2)8(6)3/h4,6-8H,5H2,1-3H3. The van der Waals surface area contributed by atoms with Gasteiger partial charge in [0.15, 0.2) is 0 Å². The minimum Gasteiger partial charge on any atom is -0.297 e. The van der Waals surface area contributed by atoms with Crippen LogP contribution < -0.4 is 0 Å². The van der Waals surface area contributed by atoms with Gasteiger partial charge in [0.2, 0.25) is 0 Å². The molecule has 1 aliphatic heterocycles. The molecular formula is C8H15N. The van der Waals surface area contributed by atoms with Gasteiger partial charge in [-0.3, -0.25) is 4.99 Å². The van der Waals surface area contributed by atoms with Gasteiger partial charge >= 0.3 is 0 Å². The van der Waals surface area contributed by atoms with Crippen LogP contribution >= 0.6 is 0 Å². The molecule has 3 atom stereocenters. The van der Waals surface area contributed by atoms with Crippen molar-refractivity contribution in [2.45, 2.75) is 20.8 Å². The molecule has 0 amide bonds. The van der Waals surface area contributed by atoms with Crippen molar-refractivity contribution in [1.82, 2.24) is 0 Å². The van der Waals surface area contributed by atoms with Crippen LogP contribution in [0.15, 0.2) is 4.99 Å². The molecule has 1 aliphatic rings. The van der Waals surface area contributed by atoms with E-state index in [1.165, 1.54) is 0 Å². The molecule has 9 heavy (non-hydrogen) atoms. The summed E-state index contributed by atoms with van der Waals surface area (Å²) in [5.74, 6) is 2.29. The molecule has 0 saturated carbocycles. The topological polar surface area (TPSA) is 12.4 Å². The summed E-state index contributed by atoms with van der Waals surface area (Å²) in [4.78, 5) is 4.26. The molecule has 1 heterocycles. The highest BCUT2D eigenvalue weighted by molar-refractivity contribution is 5.61. The van der Waals surface area contributed by atoms with Crippen molar-refractivity contribution < 1.29 is 0 Å². The van der Waals surface area contributed by atoms with E-state index >= 15 is 0 Å². The van der Waals surface area contributed by atoms with E-state index in [2.05, 4.69) is 32.0 Å². The van der Waals surface area contributed by atoms with Crippen molar-refractivity contribution >= 4 is 6.21 Å². The van der Waals surface area contributed by atoms with Gasteiger partial charge in [-0.05, 0) is 17.8 Å². The van der Waals surface area contributed by atoms with E-state index in [1.807, 2.05) is 0 Å². The lowest BCUT2D eigenvalue weighted by Gasteiger charge is -2.25. The van der Waals surface area contributed by atoms with Gasteiger partial charge in [-0.25, -0.2) is 0 Å². The van der Waals surface area contributed by atoms with Crippen LogP contribution in [0.5, 0.6) is 0 Å². The first-order valence-corrected chi connectivity index (χ1v) is 3.71. The molecular weight excluding hydrogens is 110 g/mol. The highest BCUT2D eigenvalue weighted by atomic mass is 14.7. The van der Waals surface area contributed by atoms with E-state index in [0.29, 0.717) is 5.92 Å². The maximum absolute atomic E-state index is 4.26. The number of nitrogens with zero attached hydrogens (tertiary/aromatic N) is 1. The Balaban J connectivity index is 2.58. The highest BCUT2D eigenvalue weighted by Crippen LogP contribution is 2.22. The highest BCUT2D eigenvalue weighted by Gasteiger charge is 2.19. The monoisotopic (exact) mass is 125 g/mol. The molecule has 0 bridgehead atoms. The fraction of sp³-hybridized carbons (Fsp3) is 0.875. The zero-order chi connectivity index (χ0) is 6.85. The van der Waals surface area contributed by atoms with Crippen LogP contribution in [0.3, 0.4) is 0 Å². The van der Waals surface area contributed by atoms with Crippen molar-refractivity contribution in [2.24, 2.45) is 22.7 Å². The van der Waals surface area contributed by atoms with Gasteiger partial charge in [-0.15, -0.1) is 0 Å². The Labute approximate surface area is 57.2 Å². The minimum atomic E-state index is 0.689. The number of hydrogen-bond acceptors (Lipinski definition) is 1. The van der Waals surface area contributed by atoms with Gasteiger partial charge in [0.05, 0.1) is 0 Å². The Morgan fingerprint density at radius 1 is 1.33 bits per heavy atom. The Morgan fingerprint density at radius 3 is 2.44 bits per heavy atom. The summed E-state index contributed by atoms with van der Waals surface area (Å²) in [5.41, 5.74) is 0. The first-order valence-electron chi connectivity index (χ1n) is 3.71. The largest absolute Gasteiger partial charge is 0.297 e. The number of hydrogen-bond donors (Lipinski definition) is 0. The minimum absolute atomic E-state index is 0.689. The zero-order valence-corrected chi connectivity index (χ0v) is 6.46. The lowest BCUT2D eigenvalue weighted by molar-refractivity contribution is 0.329. The molecule has 1 nitrogen and oxygen atoms in total. The third kappa shape index (κ3) is 1.32. The summed E-state index contributed by atoms with van der Waals surface area (Å²) in [6.45, 7) is 7.85. The second-order valence-electron chi connectivity index (χ2n) is 3.21. The summed E-state index contributed by atoms with van der Waals surface area (Å²) in [6, 6.07) is 0. The molecule has 1 heteroatoms. The third-order valence-corrected chi connectivity index (χ3v) is 2.46. The maximum atomic E-state index is 4.26. The molecule has 0 fully saturated rings. The Morgan fingerprint density at radius 2 is 2.00 bits per heavy atom. The molecule has 52 valence electrons. The summed E-state index contributed by atoms with van der Waals surface area (Å²) in [6.07, 6.45) is 2.09. The molecule has 0 saturated heterocycles. The summed E-state index contributed by atoms with van der Waals surface area (Å²) >= 11 is 0. The normalized spacial score (nSPS) is 43.2. The van der Waals surface area contributed by atoms with Gasteiger partial charge in [-0.1, -0.05) is 20.8 Å². The van der Waals surface area contributed by atoms with E-state index in [1.54, 1.807) is 0 Å². The predicted octanol–water partition coefficient (Wildman–Crippen LogP) is 1.98. The van der Waals surface area contributed by atoms with E-state index in [-0.39, 0.29) is 0 Å². The summed E-state index contributed by atoms with van der Waals surface area (Å²) in [5, 5.41) is 0. The predicted molar refractivity (Wildman–Crippen MR) is 40.9 cm³/mol. The summed E-state index contributed by atoms with van der Waals surface area (Å²) < 4.78 is 0. The Hall–Kier alpha value is -0.330. The van der Waals surface area contributed by atoms with E-state index in [4.69, 9.17) is 0 Å². The van der Waals surface area contributed by atoms with Crippen molar-refractivity contribution in [3.8, 4) is 0 Å². The number of aliphatic imine (C=N–C) groups is 1. The van der Waals surface area contributed by atoms with Crippen molar-refractivity contribution in [1.29, 1.82) is 0 Å². The van der Waals surface area contributed by atoms with Crippen LogP contribution in [0, 0.1) is 17.8 Å². The number of rotatable bonds is 0. The molecule has 0 radical (unpaired) electrons. The van der Waals surface area contributed by atoms with Crippen LogP contribution in [-0.2, 0) is 0 Å². The van der Waals surface area contributed by atoms with Crippen LogP contribution in [-0.4, -0.2) is 12.8 Å². The average molecular weight is 125 g/mol. The molecule has 0 aromatic carbocycles. The van der Waals surface area contributed by atoms with E-state index < -0.39 is 0 Å². The van der Waals surface area contributed by atoms with E-state index in [9.17, 15) is 0 Å². The summed E-state index contributed by atoms with van der Waals surface area (Å²) in [7, 11) is 0. The average Bonchev–Trinajstić information content (AvgIpc) is 1.83. The second kappa shape index (κ2) is 2.51. The smallest absolute Gasteiger partial charge is 0.0413 e. The Bertz CT molecular complexity index is 118. The van der Waals surface area contributed by atoms with Gasteiger partial charge in [0, 0.05) is 12.8 Å². The molecule has 0 aromatic heterocycles. The van der Waals surface area contributed by atoms with Gasteiger partial charge in [0.25, 0.3) is 0 Å². The molecule has 0 N–H and O–H groups in total. The van der Waals surface area contributed by atoms with Crippen LogP contribution in [0.2, 0.25) is 0 Å². The fourth-order valence-electron chi connectivity index (χ4n) is 1.21. The van der Waals surface area contributed by atoms with Crippen LogP contribution in [0.1, 0.15) is 20.8 Å². The first kappa shape index (κ1) is 6.79. The first-order chi connectivity index (χ1) is 4.22. The van der Waals surface area contributed by atoms with Crippen molar-refractivity contribution in [2.75, 3.05) is 6.54 Å². The van der Waals surface area contributed by atoms with Crippen LogP contribution in [0.4, 0.5) is 0 Å². The zero-order valence-electron chi connectivity index (χ0n) is 6.46. The van der Waals surface area contributed by atoms with Gasteiger partial charge in [-0.2, -0.15) is 0 Å². The lowest BCUT2D eigenvalue weighted by atomic mass is 9.84. The molecule has 0 aromatic rings. The van der Waals surface area contributed by atoms with Crippen molar-refractivity contribution in [3.05, 3.63) is 0 Å². The van der Waals surface area contributed by atoms with Gasteiger partial charge < -0.3 is 0 Å². The fourth-order valence-corrected chi connectivity index (χ4v) is 1.21. The quantitative estimate of drug-likeness (QED) is 0.469. The molecule has 0 aliphatic carbocycles. The Kier molecular flexibility index (Phi) is 1.89.